The minimum absolute atomic E-state index is 0.165. The summed E-state index contributed by atoms with van der Waals surface area (Å²) in [5.41, 5.74) is 7.55. The van der Waals surface area contributed by atoms with Crippen molar-refractivity contribution in [2.75, 3.05) is 18.1 Å². The Bertz CT molecular complexity index is 1780. The van der Waals surface area contributed by atoms with Crippen molar-refractivity contribution in [1.82, 2.24) is 4.98 Å². The Hall–Kier alpha value is -5.10. The van der Waals surface area contributed by atoms with Crippen molar-refractivity contribution in [1.29, 1.82) is 0 Å². The molecule has 6 heteroatoms. The summed E-state index contributed by atoms with van der Waals surface area (Å²) in [6.45, 7) is 4.07. The molecule has 4 aromatic carbocycles. The van der Waals surface area contributed by atoms with Crippen LogP contribution in [0, 0.1) is 11.7 Å². The van der Waals surface area contributed by atoms with E-state index in [4.69, 9.17) is 9.72 Å². The molecule has 1 aliphatic heterocycles. The van der Waals surface area contributed by atoms with Gasteiger partial charge in [0.1, 0.15) is 11.6 Å². The second-order valence-corrected chi connectivity index (χ2v) is 11.2. The molecule has 0 radical (unpaired) electrons. The second-order valence-electron chi connectivity index (χ2n) is 11.2. The van der Waals surface area contributed by atoms with Crippen molar-refractivity contribution in [3.63, 3.8) is 0 Å². The van der Waals surface area contributed by atoms with Crippen LogP contribution in [0.4, 0.5) is 10.1 Å². The number of amides is 1. The van der Waals surface area contributed by atoms with Gasteiger partial charge in [0, 0.05) is 16.7 Å². The highest BCUT2D eigenvalue weighted by molar-refractivity contribution is 6.07. The van der Waals surface area contributed by atoms with E-state index in [0.717, 1.165) is 40.1 Å². The first-order valence-corrected chi connectivity index (χ1v) is 14.4. The molecule has 0 bridgehead atoms. The summed E-state index contributed by atoms with van der Waals surface area (Å²) in [5.74, 6) is 0.0372. The van der Waals surface area contributed by atoms with Crippen LogP contribution in [-0.4, -0.2) is 29.8 Å². The normalized spacial score (nSPS) is 12.7. The number of carbonyl (C=O) groups is 2. The Kier molecular flexibility index (Phi) is 7.84. The number of carbonyl (C=O) groups excluding carboxylic acids is 2. The van der Waals surface area contributed by atoms with E-state index in [1.54, 1.807) is 0 Å². The van der Waals surface area contributed by atoms with Crippen molar-refractivity contribution in [2.24, 2.45) is 5.92 Å². The molecule has 2 heterocycles. The number of pyridine rings is 1. The number of hydrogen-bond donors (Lipinski definition) is 0. The molecule has 0 saturated carbocycles. The number of hydrogen-bond acceptors (Lipinski definition) is 4. The van der Waals surface area contributed by atoms with Crippen LogP contribution < -0.4 is 9.64 Å². The van der Waals surface area contributed by atoms with E-state index >= 15 is 0 Å². The van der Waals surface area contributed by atoms with Gasteiger partial charge in [0.2, 0.25) is 0 Å². The predicted molar refractivity (Wildman–Crippen MR) is 168 cm³/mol. The van der Waals surface area contributed by atoms with Gasteiger partial charge in [-0.2, -0.15) is 0 Å². The average molecular weight is 571 g/mol. The van der Waals surface area contributed by atoms with Crippen LogP contribution in [0.15, 0.2) is 109 Å². The third-order valence-electron chi connectivity index (χ3n) is 7.49. The number of ether oxygens (including phenoxy) is 1. The quantitative estimate of drug-likeness (QED) is 0.177. The number of benzene rings is 4. The summed E-state index contributed by atoms with van der Waals surface area (Å²) in [6, 6.07) is 33.7. The highest BCUT2D eigenvalue weighted by Gasteiger charge is 2.28. The fourth-order valence-electron chi connectivity index (χ4n) is 5.31. The lowest BCUT2D eigenvalue weighted by molar-refractivity contribution is -0.121. The molecule has 1 aliphatic rings. The van der Waals surface area contributed by atoms with Gasteiger partial charge in [-0.3, -0.25) is 14.5 Å². The van der Waals surface area contributed by atoms with Gasteiger partial charge >= 0.3 is 0 Å². The largest absolute Gasteiger partial charge is 0.482 e. The summed E-state index contributed by atoms with van der Waals surface area (Å²) in [6.07, 6.45) is 1.01. The highest BCUT2D eigenvalue weighted by atomic mass is 19.1. The van der Waals surface area contributed by atoms with Gasteiger partial charge in [0.05, 0.1) is 23.6 Å². The minimum atomic E-state index is -0.426. The zero-order chi connectivity index (χ0) is 29.9. The van der Waals surface area contributed by atoms with Crippen LogP contribution in [0.2, 0.25) is 0 Å². The lowest BCUT2D eigenvalue weighted by Gasteiger charge is -2.29. The summed E-state index contributed by atoms with van der Waals surface area (Å²) in [7, 11) is 0. The standard InChI is InChI=1S/C37H31FN2O3/c1-24(2)18-25-8-10-27(11-9-25)32-19-30(26-6-4-3-5-7-26)20-33(39-32)29-14-17-36-34(21-29)40(37(42)23-43-36)22-35(41)28-12-15-31(38)16-13-28/h3-17,19-21,24H,18,22-23H2,1-2H3. The molecular weight excluding hydrogens is 539 g/mol. The monoisotopic (exact) mass is 570 g/mol. The molecule has 0 saturated heterocycles. The van der Waals surface area contributed by atoms with Gasteiger partial charge in [-0.25, -0.2) is 9.37 Å². The third kappa shape index (κ3) is 6.24. The molecule has 0 N–H and O–H groups in total. The van der Waals surface area contributed by atoms with Crippen LogP contribution in [0.3, 0.4) is 0 Å². The van der Waals surface area contributed by atoms with Gasteiger partial charge in [0.25, 0.3) is 5.91 Å². The molecule has 1 amide bonds. The first kappa shape index (κ1) is 28.0. The van der Waals surface area contributed by atoms with Gasteiger partial charge < -0.3 is 4.74 Å². The van der Waals surface area contributed by atoms with Crippen molar-refractivity contribution in [2.45, 2.75) is 20.3 Å². The zero-order valence-corrected chi connectivity index (χ0v) is 24.1. The van der Waals surface area contributed by atoms with Crippen molar-refractivity contribution >= 4 is 17.4 Å². The topological polar surface area (TPSA) is 59.5 Å². The summed E-state index contributed by atoms with van der Waals surface area (Å²) in [5, 5.41) is 0. The molecule has 6 rings (SSSR count). The molecule has 0 aliphatic carbocycles. The van der Waals surface area contributed by atoms with Crippen molar-refractivity contribution in [3.05, 3.63) is 126 Å². The molecule has 43 heavy (non-hydrogen) atoms. The van der Waals surface area contributed by atoms with E-state index in [-0.39, 0.29) is 24.8 Å². The summed E-state index contributed by atoms with van der Waals surface area (Å²) in [4.78, 5) is 32.5. The summed E-state index contributed by atoms with van der Waals surface area (Å²) < 4.78 is 19.1. The number of Topliss-reactive ketones (excluding diaryl/α,β-unsaturated/α-hetero) is 1. The van der Waals surface area contributed by atoms with Gasteiger partial charge in [0.15, 0.2) is 12.4 Å². The number of rotatable bonds is 8. The zero-order valence-electron chi connectivity index (χ0n) is 24.1. The fourth-order valence-corrected chi connectivity index (χ4v) is 5.31. The maximum absolute atomic E-state index is 13.4. The molecule has 0 unspecified atom stereocenters. The number of nitrogens with zero attached hydrogens (tertiary/aromatic N) is 2. The maximum Gasteiger partial charge on any atom is 0.265 e. The van der Waals surface area contributed by atoms with E-state index in [1.807, 2.05) is 42.5 Å². The Morgan fingerprint density at radius 3 is 2.19 bits per heavy atom. The van der Waals surface area contributed by atoms with Crippen molar-refractivity contribution in [3.8, 4) is 39.4 Å². The Balaban J connectivity index is 1.40. The molecule has 5 nitrogen and oxygen atoms in total. The van der Waals surface area contributed by atoms with E-state index in [0.29, 0.717) is 22.9 Å². The van der Waals surface area contributed by atoms with E-state index in [1.165, 1.54) is 34.7 Å². The molecule has 0 atom stereocenters. The van der Waals surface area contributed by atoms with Gasteiger partial charge in [-0.05, 0) is 83.6 Å². The number of halogens is 1. The number of aromatic nitrogens is 1. The highest BCUT2D eigenvalue weighted by Crippen LogP contribution is 2.38. The van der Waals surface area contributed by atoms with Crippen LogP contribution in [-0.2, 0) is 11.2 Å². The van der Waals surface area contributed by atoms with Crippen LogP contribution in [0.5, 0.6) is 5.75 Å². The third-order valence-corrected chi connectivity index (χ3v) is 7.49. The SMILES string of the molecule is CC(C)Cc1ccc(-c2cc(-c3ccccc3)cc(-c3ccc4c(c3)N(CC(=O)c3ccc(F)cc3)C(=O)CO4)n2)cc1. The lowest BCUT2D eigenvalue weighted by Crippen LogP contribution is -2.42. The Morgan fingerprint density at radius 2 is 1.49 bits per heavy atom. The Morgan fingerprint density at radius 1 is 0.814 bits per heavy atom. The average Bonchev–Trinajstić information content (AvgIpc) is 3.03. The molecule has 5 aromatic rings. The fraction of sp³-hybridized carbons (Fsp3) is 0.162. The van der Waals surface area contributed by atoms with E-state index in [9.17, 15) is 14.0 Å². The van der Waals surface area contributed by atoms with E-state index in [2.05, 4.69) is 56.3 Å². The second kappa shape index (κ2) is 12.0. The smallest absolute Gasteiger partial charge is 0.265 e. The first-order valence-electron chi connectivity index (χ1n) is 14.4. The van der Waals surface area contributed by atoms with Crippen LogP contribution in [0.1, 0.15) is 29.8 Å². The van der Waals surface area contributed by atoms with Gasteiger partial charge in [-0.15, -0.1) is 0 Å². The van der Waals surface area contributed by atoms with Crippen LogP contribution >= 0.6 is 0 Å². The van der Waals surface area contributed by atoms with E-state index < -0.39 is 5.82 Å². The lowest BCUT2D eigenvalue weighted by atomic mass is 9.98. The van der Waals surface area contributed by atoms with Gasteiger partial charge in [-0.1, -0.05) is 68.4 Å². The predicted octanol–water partition coefficient (Wildman–Crippen LogP) is 8.03. The minimum Gasteiger partial charge on any atom is -0.482 e. The number of ketones is 1. The van der Waals surface area contributed by atoms with Crippen LogP contribution in [0.25, 0.3) is 33.6 Å². The molecule has 0 fully saturated rings. The maximum atomic E-state index is 13.4. The number of anilines is 1. The number of fused-ring (bicyclic) bond motifs is 1. The molecule has 0 spiro atoms. The van der Waals surface area contributed by atoms with Crippen molar-refractivity contribution < 1.29 is 18.7 Å². The first-order chi connectivity index (χ1) is 20.8. The summed E-state index contributed by atoms with van der Waals surface area (Å²) >= 11 is 0. The molecular formula is C37H31FN2O3. The molecule has 214 valence electrons. The Labute approximate surface area is 250 Å². The molecule has 1 aromatic heterocycles.